The van der Waals surface area contributed by atoms with Gasteiger partial charge in [-0.05, 0) is 36.1 Å². The number of nitrogens with zero attached hydrogens (tertiary/aromatic N) is 4. The van der Waals surface area contributed by atoms with E-state index in [0.29, 0.717) is 6.61 Å². The van der Waals surface area contributed by atoms with Crippen molar-refractivity contribution in [3.05, 3.63) is 5.82 Å². The molecule has 0 atom stereocenters. The molecule has 1 saturated heterocycles. The summed E-state index contributed by atoms with van der Waals surface area (Å²) in [5.74, 6) is 0.992. The van der Waals surface area contributed by atoms with Gasteiger partial charge >= 0.3 is 0 Å². The third-order valence-electron chi connectivity index (χ3n) is 5.05. The standard InChI is InChI=1S/C14H26N6O/c1-21-11-10-20-14(15-16-17-20)12-18-6-8-19(9-7-18)13-4-2-3-5-13/h13H,2-12H2,1H3/p+2. The van der Waals surface area contributed by atoms with E-state index >= 15 is 0 Å². The molecular formula is C14H28N6O+2. The number of hydrogen-bond donors (Lipinski definition) is 2. The lowest BCUT2D eigenvalue weighted by molar-refractivity contribution is -1.03. The first-order valence-corrected chi connectivity index (χ1v) is 8.29. The van der Waals surface area contributed by atoms with E-state index in [4.69, 9.17) is 4.74 Å². The maximum atomic E-state index is 5.10. The van der Waals surface area contributed by atoms with Crippen LogP contribution >= 0.6 is 0 Å². The molecular weight excluding hydrogens is 268 g/mol. The van der Waals surface area contributed by atoms with Crippen molar-refractivity contribution in [3.63, 3.8) is 0 Å². The summed E-state index contributed by atoms with van der Waals surface area (Å²) in [6.07, 6.45) is 5.78. The van der Waals surface area contributed by atoms with Crippen molar-refractivity contribution in [2.75, 3.05) is 39.9 Å². The third-order valence-corrected chi connectivity index (χ3v) is 5.05. The van der Waals surface area contributed by atoms with E-state index in [1.54, 1.807) is 12.0 Å². The van der Waals surface area contributed by atoms with Crippen LogP contribution in [0.25, 0.3) is 0 Å². The van der Waals surface area contributed by atoms with Gasteiger partial charge in [-0.1, -0.05) is 0 Å². The highest BCUT2D eigenvalue weighted by molar-refractivity contribution is 4.76. The van der Waals surface area contributed by atoms with Crippen LogP contribution in [0.15, 0.2) is 0 Å². The topological polar surface area (TPSA) is 61.7 Å². The molecule has 2 N–H and O–H groups in total. The van der Waals surface area contributed by atoms with Crippen LogP contribution in [0.2, 0.25) is 0 Å². The fraction of sp³-hybridized carbons (Fsp3) is 0.929. The quantitative estimate of drug-likeness (QED) is 0.612. The minimum atomic E-state index is 0.660. The molecule has 1 aromatic heterocycles. The minimum absolute atomic E-state index is 0.660. The van der Waals surface area contributed by atoms with Gasteiger partial charge in [0.15, 0.2) is 0 Å². The number of rotatable bonds is 6. The monoisotopic (exact) mass is 296 g/mol. The van der Waals surface area contributed by atoms with Crippen LogP contribution in [-0.4, -0.2) is 66.1 Å². The Hall–Kier alpha value is -1.05. The van der Waals surface area contributed by atoms with Gasteiger partial charge in [0.05, 0.1) is 19.2 Å². The van der Waals surface area contributed by atoms with Gasteiger partial charge in [-0.2, -0.15) is 0 Å². The lowest BCUT2D eigenvalue weighted by atomic mass is 10.2. The van der Waals surface area contributed by atoms with Gasteiger partial charge in [-0.15, -0.1) is 5.10 Å². The molecule has 21 heavy (non-hydrogen) atoms. The molecule has 0 bridgehead atoms. The number of hydrogen-bond acceptors (Lipinski definition) is 4. The molecule has 7 heteroatoms. The predicted molar refractivity (Wildman–Crippen MR) is 77.0 cm³/mol. The summed E-state index contributed by atoms with van der Waals surface area (Å²) in [5, 5.41) is 12.0. The Morgan fingerprint density at radius 3 is 2.67 bits per heavy atom. The highest BCUT2D eigenvalue weighted by Gasteiger charge is 2.31. The summed E-state index contributed by atoms with van der Waals surface area (Å²) in [6.45, 7) is 7.43. The first-order valence-electron chi connectivity index (χ1n) is 8.29. The van der Waals surface area contributed by atoms with Crippen molar-refractivity contribution in [1.82, 2.24) is 20.2 Å². The molecule has 2 heterocycles. The van der Waals surface area contributed by atoms with Crippen LogP contribution < -0.4 is 9.80 Å². The molecule has 1 aliphatic carbocycles. The van der Waals surface area contributed by atoms with Gasteiger partial charge < -0.3 is 14.5 Å². The highest BCUT2D eigenvalue weighted by atomic mass is 16.5. The van der Waals surface area contributed by atoms with Crippen molar-refractivity contribution in [2.45, 2.75) is 44.8 Å². The van der Waals surface area contributed by atoms with Gasteiger partial charge in [-0.25, -0.2) is 4.68 Å². The van der Waals surface area contributed by atoms with Gasteiger partial charge in [0.1, 0.15) is 32.7 Å². The maximum absolute atomic E-state index is 5.10. The Bertz CT molecular complexity index is 423. The zero-order valence-electron chi connectivity index (χ0n) is 13.1. The number of tetrazole rings is 1. The summed E-state index contributed by atoms with van der Waals surface area (Å²) >= 11 is 0. The highest BCUT2D eigenvalue weighted by Crippen LogP contribution is 2.15. The number of piperazine rings is 1. The van der Waals surface area contributed by atoms with Gasteiger partial charge in [0, 0.05) is 7.11 Å². The maximum Gasteiger partial charge on any atom is 0.206 e. The fourth-order valence-electron chi connectivity index (χ4n) is 3.77. The molecule has 7 nitrogen and oxygen atoms in total. The van der Waals surface area contributed by atoms with Crippen LogP contribution in [0, 0.1) is 0 Å². The minimum Gasteiger partial charge on any atom is -0.383 e. The fourth-order valence-corrected chi connectivity index (χ4v) is 3.77. The largest absolute Gasteiger partial charge is 0.383 e. The van der Waals surface area contributed by atoms with E-state index < -0.39 is 0 Å². The van der Waals surface area contributed by atoms with E-state index in [9.17, 15) is 0 Å². The summed E-state index contributed by atoms with van der Waals surface area (Å²) in [4.78, 5) is 3.46. The van der Waals surface area contributed by atoms with Gasteiger partial charge in [0.2, 0.25) is 5.82 Å². The van der Waals surface area contributed by atoms with Crippen LogP contribution in [0.5, 0.6) is 0 Å². The normalized spacial score (nSPS) is 27.3. The lowest BCUT2D eigenvalue weighted by Crippen LogP contribution is -3.29. The van der Waals surface area contributed by atoms with E-state index in [-0.39, 0.29) is 0 Å². The number of quaternary nitrogens is 2. The van der Waals surface area contributed by atoms with Crippen LogP contribution in [-0.2, 0) is 17.8 Å². The summed E-state index contributed by atoms with van der Waals surface area (Å²) in [5.41, 5.74) is 0. The molecule has 2 aliphatic rings. The SMILES string of the molecule is COCCn1nnnc1C[NH+]1CC[NH+](C2CCCC2)CC1. The van der Waals surface area contributed by atoms with Gasteiger partial charge in [0.25, 0.3) is 0 Å². The van der Waals surface area contributed by atoms with Crippen molar-refractivity contribution in [1.29, 1.82) is 0 Å². The Labute approximate surface area is 126 Å². The molecule has 118 valence electrons. The first-order chi connectivity index (χ1) is 10.4. The van der Waals surface area contributed by atoms with E-state index in [1.165, 1.54) is 51.9 Å². The molecule has 0 amide bonds. The molecule has 0 unspecified atom stereocenters. The Kier molecular flexibility index (Phi) is 5.16. The third kappa shape index (κ3) is 3.78. The zero-order chi connectivity index (χ0) is 14.5. The van der Waals surface area contributed by atoms with E-state index in [2.05, 4.69) is 15.5 Å². The van der Waals surface area contributed by atoms with E-state index in [1.807, 2.05) is 9.58 Å². The molecule has 0 spiro atoms. The Morgan fingerprint density at radius 1 is 1.19 bits per heavy atom. The molecule has 3 rings (SSSR count). The van der Waals surface area contributed by atoms with E-state index in [0.717, 1.165) is 25.0 Å². The second kappa shape index (κ2) is 7.29. The average Bonchev–Trinajstić information content (AvgIpc) is 3.18. The molecule has 0 aromatic carbocycles. The number of aromatic nitrogens is 4. The zero-order valence-corrected chi connectivity index (χ0v) is 13.1. The van der Waals surface area contributed by atoms with Crippen molar-refractivity contribution >= 4 is 0 Å². The Morgan fingerprint density at radius 2 is 1.95 bits per heavy atom. The second-order valence-electron chi connectivity index (χ2n) is 6.38. The summed E-state index contributed by atoms with van der Waals surface area (Å²) in [6, 6.07) is 0.943. The van der Waals surface area contributed by atoms with Crippen LogP contribution in [0.3, 0.4) is 0 Å². The van der Waals surface area contributed by atoms with Crippen molar-refractivity contribution in [3.8, 4) is 0 Å². The average molecular weight is 296 g/mol. The number of methoxy groups -OCH3 is 1. The van der Waals surface area contributed by atoms with Crippen LogP contribution in [0.1, 0.15) is 31.5 Å². The smallest absolute Gasteiger partial charge is 0.206 e. The molecule has 0 radical (unpaired) electrons. The van der Waals surface area contributed by atoms with Crippen molar-refractivity contribution in [2.24, 2.45) is 0 Å². The number of nitrogens with one attached hydrogen (secondary N) is 2. The molecule has 1 aliphatic heterocycles. The Balaban J connectivity index is 1.47. The number of ether oxygens (including phenoxy) is 1. The van der Waals surface area contributed by atoms with Gasteiger partial charge in [-0.3, -0.25) is 0 Å². The lowest BCUT2D eigenvalue weighted by Gasteiger charge is -2.32. The predicted octanol–water partition coefficient (Wildman–Crippen LogP) is -2.45. The molecule has 1 saturated carbocycles. The van der Waals surface area contributed by atoms with Crippen molar-refractivity contribution < 1.29 is 14.5 Å². The molecule has 1 aromatic rings. The second-order valence-corrected chi connectivity index (χ2v) is 6.38. The first kappa shape index (κ1) is 14.9. The summed E-state index contributed by atoms with van der Waals surface area (Å²) < 4.78 is 6.99. The van der Waals surface area contributed by atoms with Crippen LogP contribution in [0.4, 0.5) is 0 Å². The summed E-state index contributed by atoms with van der Waals surface area (Å²) in [7, 11) is 1.71. The molecule has 2 fully saturated rings.